The van der Waals surface area contributed by atoms with Crippen LogP contribution in [0.5, 0.6) is 0 Å². The molecule has 0 saturated heterocycles. The van der Waals surface area contributed by atoms with Crippen LogP contribution in [-0.4, -0.2) is 29.2 Å². The molecule has 0 spiro atoms. The minimum Gasteiger partial charge on any atom is -0.388 e. The molecule has 0 radical (unpaired) electrons. The van der Waals surface area contributed by atoms with Gasteiger partial charge >= 0.3 is 0 Å². The first-order valence-electron chi connectivity index (χ1n) is 7.08. The summed E-state index contributed by atoms with van der Waals surface area (Å²) in [6.07, 6.45) is 4.29. The predicted octanol–water partition coefficient (Wildman–Crippen LogP) is 1.42. The number of amides is 1. The maximum Gasteiger partial charge on any atom is 0.237 e. The molecule has 0 heterocycles. The van der Waals surface area contributed by atoms with E-state index in [2.05, 4.69) is 12.2 Å². The lowest BCUT2D eigenvalue weighted by atomic mass is 9.79. The SMILES string of the molecule is CC(C)C[C@H](N)C(=O)NCC1(O)CCC(C)CC1. The van der Waals surface area contributed by atoms with Gasteiger partial charge in [-0.15, -0.1) is 0 Å². The van der Waals surface area contributed by atoms with Crippen LogP contribution in [0.3, 0.4) is 0 Å². The van der Waals surface area contributed by atoms with Crippen LogP contribution in [0.1, 0.15) is 52.9 Å². The Morgan fingerprint density at radius 3 is 2.50 bits per heavy atom. The van der Waals surface area contributed by atoms with E-state index in [0.29, 0.717) is 24.8 Å². The van der Waals surface area contributed by atoms with Crippen LogP contribution in [0, 0.1) is 11.8 Å². The number of nitrogens with one attached hydrogen (secondary N) is 1. The molecule has 0 aromatic heterocycles. The van der Waals surface area contributed by atoms with E-state index in [1.807, 2.05) is 13.8 Å². The molecule has 4 nitrogen and oxygen atoms in total. The van der Waals surface area contributed by atoms with E-state index in [-0.39, 0.29) is 5.91 Å². The number of aliphatic hydroxyl groups is 1. The Bertz CT molecular complexity index is 271. The minimum absolute atomic E-state index is 0.143. The normalized spacial score (nSPS) is 30.2. The zero-order valence-corrected chi connectivity index (χ0v) is 11.9. The van der Waals surface area contributed by atoms with E-state index in [1.54, 1.807) is 0 Å². The van der Waals surface area contributed by atoms with Gasteiger partial charge in [0.05, 0.1) is 11.6 Å². The van der Waals surface area contributed by atoms with Gasteiger partial charge < -0.3 is 16.2 Å². The van der Waals surface area contributed by atoms with E-state index in [9.17, 15) is 9.90 Å². The Kier molecular flexibility index (Phi) is 5.60. The first-order valence-corrected chi connectivity index (χ1v) is 7.08. The number of rotatable bonds is 5. The Hall–Kier alpha value is -0.610. The lowest BCUT2D eigenvalue weighted by Gasteiger charge is -2.35. The Morgan fingerprint density at radius 2 is 2.00 bits per heavy atom. The molecule has 0 aromatic carbocycles. The highest BCUT2D eigenvalue weighted by Gasteiger charge is 2.32. The van der Waals surface area contributed by atoms with Crippen LogP contribution in [0.4, 0.5) is 0 Å². The van der Waals surface area contributed by atoms with Crippen LogP contribution < -0.4 is 11.1 Å². The lowest BCUT2D eigenvalue weighted by Crippen LogP contribution is -2.49. The number of carbonyl (C=O) groups is 1. The lowest BCUT2D eigenvalue weighted by molar-refractivity contribution is -0.124. The van der Waals surface area contributed by atoms with E-state index in [0.717, 1.165) is 25.7 Å². The molecule has 1 aliphatic carbocycles. The van der Waals surface area contributed by atoms with Gasteiger partial charge in [0.2, 0.25) is 5.91 Å². The molecule has 4 heteroatoms. The quantitative estimate of drug-likeness (QED) is 0.696. The van der Waals surface area contributed by atoms with E-state index in [1.165, 1.54) is 0 Å². The minimum atomic E-state index is -0.722. The number of carbonyl (C=O) groups excluding carboxylic acids is 1. The molecule has 18 heavy (non-hydrogen) atoms. The van der Waals surface area contributed by atoms with Crippen molar-refractivity contribution in [2.45, 2.75) is 64.5 Å². The third-order valence-corrected chi connectivity index (χ3v) is 3.86. The molecule has 106 valence electrons. The molecular weight excluding hydrogens is 228 g/mol. The van der Waals surface area contributed by atoms with Crippen LogP contribution in [-0.2, 0) is 4.79 Å². The molecule has 1 saturated carbocycles. The number of nitrogens with two attached hydrogens (primary N) is 1. The molecule has 0 aliphatic heterocycles. The Balaban J connectivity index is 2.33. The first-order chi connectivity index (χ1) is 8.32. The van der Waals surface area contributed by atoms with Crippen molar-refractivity contribution in [3.63, 3.8) is 0 Å². The van der Waals surface area contributed by atoms with Gasteiger partial charge in [-0.1, -0.05) is 20.8 Å². The predicted molar refractivity (Wildman–Crippen MR) is 73.0 cm³/mol. The second-order valence-electron chi connectivity index (χ2n) is 6.36. The summed E-state index contributed by atoms with van der Waals surface area (Å²) >= 11 is 0. The van der Waals surface area contributed by atoms with E-state index >= 15 is 0 Å². The first kappa shape index (κ1) is 15.4. The molecule has 0 bridgehead atoms. The largest absolute Gasteiger partial charge is 0.388 e. The summed E-state index contributed by atoms with van der Waals surface area (Å²) in [5.74, 6) is 0.948. The third kappa shape index (κ3) is 4.94. The topological polar surface area (TPSA) is 75.4 Å². The summed E-state index contributed by atoms with van der Waals surface area (Å²) in [4.78, 5) is 11.8. The monoisotopic (exact) mass is 256 g/mol. The summed E-state index contributed by atoms with van der Waals surface area (Å²) < 4.78 is 0. The highest BCUT2D eigenvalue weighted by Crippen LogP contribution is 2.31. The summed E-state index contributed by atoms with van der Waals surface area (Å²) in [5.41, 5.74) is 5.08. The summed E-state index contributed by atoms with van der Waals surface area (Å²) in [6.45, 7) is 6.63. The van der Waals surface area contributed by atoms with Gasteiger partial charge in [0.25, 0.3) is 0 Å². The van der Waals surface area contributed by atoms with Crippen molar-refractivity contribution in [2.75, 3.05) is 6.54 Å². The maximum absolute atomic E-state index is 11.8. The van der Waals surface area contributed by atoms with Crippen LogP contribution in [0.15, 0.2) is 0 Å². The van der Waals surface area contributed by atoms with Crippen molar-refractivity contribution in [3.05, 3.63) is 0 Å². The molecule has 0 aromatic rings. The fraction of sp³-hybridized carbons (Fsp3) is 0.929. The Labute approximate surface area is 110 Å². The molecular formula is C14H28N2O2. The van der Waals surface area contributed by atoms with Gasteiger partial charge in [0, 0.05) is 6.54 Å². The van der Waals surface area contributed by atoms with Crippen molar-refractivity contribution < 1.29 is 9.90 Å². The molecule has 1 fully saturated rings. The van der Waals surface area contributed by atoms with Gasteiger partial charge in [-0.3, -0.25) is 4.79 Å². The van der Waals surface area contributed by atoms with Crippen LogP contribution in [0.25, 0.3) is 0 Å². The standard InChI is InChI=1S/C14H28N2O2/c1-10(2)8-12(15)13(17)16-9-14(18)6-4-11(3)5-7-14/h10-12,18H,4-9,15H2,1-3H3,(H,16,17)/t11?,12-,14?/m0/s1. The van der Waals surface area contributed by atoms with E-state index < -0.39 is 11.6 Å². The number of hydrogen-bond acceptors (Lipinski definition) is 3. The van der Waals surface area contributed by atoms with Gasteiger partial charge in [-0.25, -0.2) is 0 Å². The van der Waals surface area contributed by atoms with Crippen molar-refractivity contribution >= 4 is 5.91 Å². The van der Waals surface area contributed by atoms with Crippen LogP contribution in [0.2, 0.25) is 0 Å². The summed E-state index contributed by atoms with van der Waals surface area (Å²) in [7, 11) is 0. The smallest absolute Gasteiger partial charge is 0.237 e. The second-order valence-corrected chi connectivity index (χ2v) is 6.36. The molecule has 1 rings (SSSR count). The van der Waals surface area contributed by atoms with Gasteiger partial charge in [-0.05, 0) is 43.9 Å². The molecule has 1 aliphatic rings. The summed E-state index contributed by atoms with van der Waals surface area (Å²) in [5, 5.41) is 13.1. The summed E-state index contributed by atoms with van der Waals surface area (Å²) in [6, 6.07) is -0.462. The number of hydrogen-bond donors (Lipinski definition) is 3. The molecule has 0 unspecified atom stereocenters. The molecule has 4 N–H and O–H groups in total. The average molecular weight is 256 g/mol. The molecule has 1 atom stereocenters. The molecule has 1 amide bonds. The van der Waals surface area contributed by atoms with Gasteiger partial charge in [0.1, 0.15) is 0 Å². The van der Waals surface area contributed by atoms with Crippen molar-refractivity contribution in [2.24, 2.45) is 17.6 Å². The zero-order valence-electron chi connectivity index (χ0n) is 11.9. The fourth-order valence-electron chi connectivity index (χ4n) is 2.47. The van der Waals surface area contributed by atoms with Gasteiger partial charge in [0.15, 0.2) is 0 Å². The fourth-order valence-corrected chi connectivity index (χ4v) is 2.47. The van der Waals surface area contributed by atoms with Crippen molar-refractivity contribution in [3.8, 4) is 0 Å². The Morgan fingerprint density at radius 1 is 1.44 bits per heavy atom. The highest BCUT2D eigenvalue weighted by atomic mass is 16.3. The van der Waals surface area contributed by atoms with Crippen molar-refractivity contribution in [1.29, 1.82) is 0 Å². The second kappa shape index (κ2) is 6.53. The maximum atomic E-state index is 11.8. The third-order valence-electron chi connectivity index (χ3n) is 3.86. The highest BCUT2D eigenvalue weighted by molar-refractivity contribution is 5.81. The zero-order chi connectivity index (χ0) is 13.8. The van der Waals surface area contributed by atoms with Crippen LogP contribution >= 0.6 is 0 Å². The average Bonchev–Trinajstić information content (AvgIpc) is 2.29. The van der Waals surface area contributed by atoms with Gasteiger partial charge in [-0.2, -0.15) is 0 Å². The van der Waals surface area contributed by atoms with Crippen molar-refractivity contribution in [1.82, 2.24) is 5.32 Å². The van der Waals surface area contributed by atoms with E-state index in [4.69, 9.17) is 5.73 Å².